The quantitative estimate of drug-likeness (QED) is 0.683. The highest BCUT2D eigenvalue weighted by molar-refractivity contribution is 5.65. The van der Waals surface area contributed by atoms with E-state index < -0.39 is 17.5 Å². The molecule has 0 amide bonds. The fourth-order valence-corrected chi connectivity index (χ4v) is 2.29. The lowest BCUT2D eigenvalue weighted by atomic mass is 9.84. The largest absolute Gasteiger partial charge is 0.507 e. The Balaban J connectivity index is 2.41. The zero-order chi connectivity index (χ0) is 16.5. The molecule has 0 saturated carbocycles. The van der Waals surface area contributed by atoms with Gasteiger partial charge in [0.1, 0.15) is 5.75 Å². The van der Waals surface area contributed by atoms with Gasteiger partial charge in [0.2, 0.25) is 0 Å². The van der Waals surface area contributed by atoms with E-state index in [2.05, 4.69) is 4.99 Å². The fourth-order valence-electron chi connectivity index (χ4n) is 2.29. The number of benzene rings is 1. The van der Waals surface area contributed by atoms with Gasteiger partial charge >= 0.3 is 6.18 Å². The maximum absolute atomic E-state index is 13.3. The number of aryl methyl sites for hydroxylation is 1. The molecule has 4 nitrogen and oxygen atoms in total. The summed E-state index contributed by atoms with van der Waals surface area (Å²) in [6.07, 6.45) is -3.19. The van der Waals surface area contributed by atoms with Crippen molar-refractivity contribution in [2.75, 3.05) is 20.2 Å². The first-order chi connectivity index (χ1) is 10.2. The van der Waals surface area contributed by atoms with Gasteiger partial charge in [-0.2, -0.15) is 13.2 Å². The number of aliphatic imine (C=N–C) groups is 1. The Morgan fingerprint density at radius 2 is 2.09 bits per heavy atom. The number of aromatic hydroxyl groups is 1. The van der Waals surface area contributed by atoms with Crippen LogP contribution in [0.1, 0.15) is 24.5 Å². The van der Waals surface area contributed by atoms with Crippen LogP contribution in [0.2, 0.25) is 0 Å². The molecule has 1 aliphatic rings. The summed E-state index contributed by atoms with van der Waals surface area (Å²) in [6.45, 7) is 4.38. The number of hydrogen-bond acceptors (Lipinski definition) is 3. The predicted octanol–water partition coefficient (Wildman–Crippen LogP) is 3.49. The van der Waals surface area contributed by atoms with Crippen LogP contribution in [-0.4, -0.2) is 42.7 Å². The maximum Gasteiger partial charge on any atom is 0.421 e. The van der Waals surface area contributed by atoms with Gasteiger partial charge in [-0.15, -0.1) is 0 Å². The standard InChI is InChI=1S/C15H19F3N2O2/c1-4-20(3)9-19-12-8-13(21)11(7-10(12)2)14(5-6-22-14)15(16,17)18/h7-9,21H,4-6H2,1-3H3. The molecule has 1 atom stereocenters. The summed E-state index contributed by atoms with van der Waals surface area (Å²) in [6, 6.07) is 2.56. The van der Waals surface area contributed by atoms with Crippen LogP contribution in [0.5, 0.6) is 5.75 Å². The fraction of sp³-hybridized carbons (Fsp3) is 0.533. The number of hydrogen-bond donors (Lipinski definition) is 1. The molecular formula is C15H19F3N2O2. The Morgan fingerprint density at radius 3 is 2.55 bits per heavy atom. The van der Waals surface area contributed by atoms with Crippen LogP contribution in [0.15, 0.2) is 17.1 Å². The third-order valence-electron chi connectivity index (χ3n) is 3.90. The van der Waals surface area contributed by atoms with Crippen LogP contribution in [0.4, 0.5) is 18.9 Å². The van der Waals surface area contributed by atoms with E-state index in [-0.39, 0.29) is 18.6 Å². The molecule has 122 valence electrons. The molecule has 1 N–H and O–H groups in total. The van der Waals surface area contributed by atoms with Crippen LogP contribution in [0.3, 0.4) is 0 Å². The normalized spacial score (nSPS) is 21.9. The molecule has 7 heteroatoms. The Bertz CT molecular complexity index is 581. The first-order valence-corrected chi connectivity index (χ1v) is 7.00. The highest BCUT2D eigenvalue weighted by Crippen LogP contribution is 2.53. The van der Waals surface area contributed by atoms with E-state index >= 15 is 0 Å². The van der Waals surface area contributed by atoms with Crippen LogP contribution in [0.25, 0.3) is 0 Å². The zero-order valence-electron chi connectivity index (χ0n) is 12.7. The van der Waals surface area contributed by atoms with Gasteiger partial charge in [-0.3, -0.25) is 0 Å². The van der Waals surface area contributed by atoms with Crippen LogP contribution >= 0.6 is 0 Å². The van der Waals surface area contributed by atoms with E-state index in [0.29, 0.717) is 11.3 Å². The minimum atomic E-state index is -4.57. The van der Waals surface area contributed by atoms with E-state index in [9.17, 15) is 18.3 Å². The molecule has 0 bridgehead atoms. The average Bonchev–Trinajstić information content (AvgIpc) is 2.37. The van der Waals surface area contributed by atoms with Crippen LogP contribution in [-0.2, 0) is 10.3 Å². The first-order valence-electron chi connectivity index (χ1n) is 7.00. The molecule has 1 aromatic carbocycles. The molecule has 0 radical (unpaired) electrons. The van der Waals surface area contributed by atoms with Gasteiger partial charge in [-0.25, -0.2) is 4.99 Å². The van der Waals surface area contributed by atoms with E-state index in [4.69, 9.17) is 4.74 Å². The molecule has 1 aromatic rings. The van der Waals surface area contributed by atoms with Crippen molar-refractivity contribution in [2.24, 2.45) is 4.99 Å². The predicted molar refractivity (Wildman–Crippen MR) is 77.6 cm³/mol. The molecule has 2 rings (SSSR count). The number of halogens is 3. The van der Waals surface area contributed by atoms with Crippen molar-refractivity contribution in [3.05, 3.63) is 23.3 Å². The Kier molecular flexibility index (Phi) is 4.37. The van der Waals surface area contributed by atoms with Crippen molar-refractivity contribution in [2.45, 2.75) is 32.0 Å². The Hall–Kier alpha value is -1.76. The number of alkyl halides is 3. The number of ether oxygens (including phenoxy) is 1. The summed E-state index contributed by atoms with van der Waals surface area (Å²) in [7, 11) is 1.83. The van der Waals surface area contributed by atoms with Crippen molar-refractivity contribution >= 4 is 12.0 Å². The topological polar surface area (TPSA) is 45.1 Å². The molecule has 1 unspecified atom stereocenters. The summed E-state index contributed by atoms with van der Waals surface area (Å²) >= 11 is 0. The second-order valence-corrected chi connectivity index (χ2v) is 5.40. The van der Waals surface area contributed by atoms with Gasteiger partial charge in [-0.05, 0) is 25.5 Å². The second kappa shape index (κ2) is 5.79. The molecule has 1 heterocycles. The third kappa shape index (κ3) is 2.77. The number of rotatable bonds is 4. The summed E-state index contributed by atoms with van der Waals surface area (Å²) < 4.78 is 44.7. The van der Waals surface area contributed by atoms with Crippen molar-refractivity contribution in [3.63, 3.8) is 0 Å². The second-order valence-electron chi connectivity index (χ2n) is 5.40. The lowest BCUT2D eigenvalue weighted by Gasteiger charge is -2.43. The van der Waals surface area contributed by atoms with E-state index in [0.717, 1.165) is 6.54 Å². The first kappa shape index (κ1) is 16.6. The summed E-state index contributed by atoms with van der Waals surface area (Å²) in [5, 5.41) is 10.0. The molecule has 0 spiro atoms. The highest BCUT2D eigenvalue weighted by Gasteiger charge is 2.62. The van der Waals surface area contributed by atoms with Crippen molar-refractivity contribution in [3.8, 4) is 5.75 Å². The lowest BCUT2D eigenvalue weighted by molar-refractivity contribution is -0.333. The maximum atomic E-state index is 13.3. The Morgan fingerprint density at radius 1 is 1.45 bits per heavy atom. The molecule has 0 aromatic heterocycles. The van der Waals surface area contributed by atoms with E-state index in [1.807, 2.05) is 18.9 Å². The van der Waals surface area contributed by atoms with Crippen molar-refractivity contribution in [1.29, 1.82) is 0 Å². The lowest BCUT2D eigenvalue weighted by Crippen LogP contribution is -2.52. The summed E-state index contributed by atoms with van der Waals surface area (Å²) in [5.74, 6) is -0.450. The van der Waals surface area contributed by atoms with E-state index in [1.165, 1.54) is 12.1 Å². The third-order valence-corrected chi connectivity index (χ3v) is 3.90. The minimum absolute atomic E-state index is 0.0270. The summed E-state index contributed by atoms with van der Waals surface area (Å²) in [5.41, 5.74) is -1.66. The SMILES string of the molecule is CCN(C)C=Nc1cc(O)c(C2(C(F)(F)F)CCO2)cc1C. The average molecular weight is 316 g/mol. The Labute approximate surface area is 127 Å². The van der Waals surface area contributed by atoms with Gasteiger partial charge < -0.3 is 14.7 Å². The minimum Gasteiger partial charge on any atom is -0.507 e. The smallest absolute Gasteiger partial charge is 0.421 e. The molecular weight excluding hydrogens is 297 g/mol. The number of nitrogens with zero attached hydrogens (tertiary/aromatic N) is 2. The van der Waals surface area contributed by atoms with Gasteiger partial charge in [0.25, 0.3) is 0 Å². The highest BCUT2D eigenvalue weighted by atomic mass is 19.4. The van der Waals surface area contributed by atoms with E-state index in [1.54, 1.807) is 13.3 Å². The van der Waals surface area contributed by atoms with Crippen molar-refractivity contribution < 1.29 is 23.0 Å². The summed E-state index contributed by atoms with van der Waals surface area (Å²) in [4.78, 5) is 6.00. The molecule has 1 fully saturated rings. The van der Waals surface area contributed by atoms with Gasteiger partial charge in [0.05, 0.1) is 18.6 Å². The van der Waals surface area contributed by atoms with Gasteiger partial charge in [0, 0.05) is 31.6 Å². The van der Waals surface area contributed by atoms with Crippen LogP contribution < -0.4 is 0 Å². The number of phenols is 1. The zero-order valence-corrected chi connectivity index (χ0v) is 12.7. The van der Waals surface area contributed by atoms with Crippen LogP contribution in [0, 0.1) is 6.92 Å². The molecule has 1 saturated heterocycles. The van der Waals surface area contributed by atoms with Gasteiger partial charge in [0.15, 0.2) is 5.60 Å². The number of phenolic OH excluding ortho intramolecular Hbond substituents is 1. The molecule has 1 aliphatic heterocycles. The molecule has 22 heavy (non-hydrogen) atoms. The van der Waals surface area contributed by atoms with Gasteiger partial charge in [-0.1, -0.05) is 0 Å². The van der Waals surface area contributed by atoms with Crippen molar-refractivity contribution in [1.82, 2.24) is 4.90 Å². The molecule has 0 aliphatic carbocycles. The monoisotopic (exact) mass is 316 g/mol.